The third-order valence-electron chi connectivity index (χ3n) is 5.09. The highest BCUT2D eigenvalue weighted by Gasteiger charge is 2.21. The van der Waals surface area contributed by atoms with Crippen molar-refractivity contribution in [1.29, 1.82) is 0 Å². The molecule has 2 heterocycles. The standard InChI is InChI=1S/C22H28N4O/c1-14(2)17(5)23-22(27)21-13-18(20-8-7-11-25(20)6)24-26(21)19-10-9-15(3)12-16(19)4/h7-14,17H,1-6H3,(H,23,27)/t17-/m0/s1. The number of rotatable bonds is 5. The molecule has 0 unspecified atom stereocenters. The Kier molecular flexibility index (Phi) is 5.22. The average molecular weight is 364 g/mol. The van der Waals surface area contributed by atoms with Gasteiger partial charge in [-0.15, -0.1) is 0 Å². The van der Waals surface area contributed by atoms with E-state index >= 15 is 0 Å². The van der Waals surface area contributed by atoms with Crippen molar-refractivity contribution >= 4 is 5.91 Å². The number of nitrogens with one attached hydrogen (secondary N) is 1. The van der Waals surface area contributed by atoms with Gasteiger partial charge in [-0.2, -0.15) is 5.10 Å². The minimum absolute atomic E-state index is 0.0819. The summed E-state index contributed by atoms with van der Waals surface area (Å²) in [5.74, 6) is 0.253. The molecule has 5 heteroatoms. The zero-order chi connectivity index (χ0) is 19.7. The molecule has 5 nitrogen and oxygen atoms in total. The van der Waals surface area contributed by atoms with E-state index in [2.05, 4.69) is 32.2 Å². The Balaban J connectivity index is 2.11. The van der Waals surface area contributed by atoms with Crippen LogP contribution < -0.4 is 5.32 Å². The number of hydrogen-bond donors (Lipinski definition) is 1. The summed E-state index contributed by atoms with van der Waals surface area (Å²) in [4.78, 5) is 13.0. The first-order valence-electron chi connectivity index (χ1n) is 9.38. The lowest BCUT2D eigenvalue weighted by molar-refractivity contribution is 0.0922. The zero-order valence-corrected chi connectivity index (χ0v) is 16.9. The molecule has 3 rings (SSSR count). The fourth-order valence-electron chi connectivity index (χ4n) is 3.07. The van der Waals surface area contributed by atoms with Crippen molar-refractivity contribution in [3.8, 4) is 17.1 Å². The largest absolute Gasteiger partial charge is 0.349 e. The molecule has 0 aliphatic carbocycles. The number of hydrogen-bond acceptors (Lipinski definition) is 2. The third kappa shape index (κ3) is 3.82. The minimum atomic E-state index is -0.107. The molecule has 0 radical (unpaired) electrons. The summed E-state index contributed by atoms with van der Waals surface area (Å²) in [6, 6.07) is 12.1. The van der Waals surface area contributed by atoms with Gasteiger partial charge in [0, 0.05) is 19.3 Å². The molecule has 1 atom stereocenters. The molecule has 0 fully saturated rings. The van der Waals surface area contributed by atoms with E-state index < -0.39 is 0 Å². The van der Waals surface area contributed by atoms with E-state index in [1.807, 2.05) is 62.0 Å². The fraction of sp³-hybridized carbons (Fsp3) is 0.364. The zero-order valence-electron chi connectivity index (χ0n) is 16.9. The second-order valence-corrected chi connectivity index (χ2v) is 7.63. The first kappa shape index (κ1) is 19.0. The number of nitrogens with zero attached hydrogens (tertiary/aromatic N) is 3. The van der Waals surface area contributed by atoms with Crippen LogP contribution in [0.5, 0.6) is 0 Å². The van der Waals surface area contributed by atoms with E-state index in [1.54, 1.807) is 4.68 Å². The van der Waals surface area contributed by atoms with Crippen LogP contribution in [-0.2, 0) is 7.05 Å². The number of amides is 1. The number of carbonyl (C=O) groups is 1. The van der Waals surface area contributed by atoms with Crippen LogP contribution in [0.15, 0.2) is 42.6 Å². The van der Waals surface area contributed by atoms with Crippen molar-refractivity contribution in [3.05, 3.63) is 59.4 Å². The Bertz CT molecular complexity index is 965. The number of aryl methyl sites for hydroxylation is 3. The molecule has 0 saturated carbocycles. The molecule has 0 bridgehead atoms. The number of benzene rings is 1. The van der Waals surface area contributed by atoms with Gasteiger partial charge >= 0.3 is 0 Å². The second kappa shape index (κ2) is 7.43. The first-order chi connectivity index (χ1) is 12.8. The Morgan fingerprint density at radius 3 is 2.44 bits per heavy atom. The van der Waals surface area contributed by atoms with Crippen molar-refractivity contribution in [2.24, 2.45) is 13.0 Å². The van der Waals surface area contributed by atoms with Crippen molar-refractivity contribution in [2.45, 2.75) is 40.7 Å². The highest BCUT2D eigenvalue weighted by Crippen LogP contribution is 2.24. The molecular formula is C22H28N4O. The normalized spacial score (nSPS) is 12.4. The van der Waals surface area contributed by atoms with E-state index in [4.69, 9.17) is 5.10 Å². The summed E-state index contributed by atoms with van der Waals surface area (Å²) < 4.78 is 3.77. The quantitative estimate of drug-likeness (QED) is 0.735. The molecular weight excluding hydrogens is 336 g/mol. The summed E-state index contributed by atoms with van der Waals surface area (Å²) in [6.45, 7) is 10.3. The Hall–Kier alpha value is -2.82. The van der Waals surface area contributed by atoms with Crippen LogP contribution in [0, 0.1) is 19.8 Å². The summed E-state index contributed by atoms with van der Waals surface area (Å²) in [5.41, 5.74) is 5.50. The van der Waals surface area contributed by atoms with Crippen LogP contribution in [0.2, 0.25) is 0 Å². The summed E-state index contributed by atoms with van der Waals surface area (Å²) in [5, 5.41) is 7.89. The van der Waals surface area contributed by atoms with Gasteiger partial charge in [0.1, 0.15) is 11.4 Å². The molecule has 1 N–H and O–H groups in total. The van der Waals surface area contributed by atoms with Crippen LogP contribution in [0.3, 0.4) is 0 Å². The van der Waals surface area contributed by atoms with E-state index in [-0.39, 0.29) is 11.9 Å². The lowest BCUT2D eigenvalue weighted by Gasteiger charge is -2.18. The van der Waals surface area contributed by atoms with Gasteiger partial charge < -0.3 is 9.88 Å². The van der Waals surface area contributed by atoms with Gasteiger partial charge in [-0.1, -0.05) is 31.5 Å². The van der Waals surface area contributed by atoms with Gasteiger partial charge in [0.15, 0.2) is 0 Å². The summed E-state index contributed by atoms with van der Waals surface area (Å²) in [6.07, 6.45) is 1.98. The van der Waals surface area contributed by atoms with Crippen LogP contribution >= 0.6 is 0 Å². The molecule has 1 amide bonds. The molecule has 0 aliphatic rings. The van der Waals surface area contributed by atoms with Crippen LogP contribution in [-0.4, -0.2) is 26.3 Å². The molecule has 1 aromatic carbocycles. The maximum Gasteiger partial charge on any atom is 0.270 e. The highest BCUT2D eigenvalue weighted by molar-refractivity contribution is 5.94. The van der Waals surface area contributed by atoms with Gasteiger partial charge in [-0.05, 0) is 56.5 Å². The smallest absolute Gasteiger partial charge is 0.270 e. The monoisotopic (exact) mass is 364 g/mol. The Labute approximate surface area is 161 Å². The molecule has 0 spiro atoms. The Morgan fingerprint density at radius 1 is 1.11 bits per heavy atom. The van der Waals surface area contributed by atoms with E-state index in [0.29, 0.717) is 11.6 Å². The van der Waals surface area contributed by atoms with Crippen LogP contribution in [0.25, 0.3) is 17.1 Å². The third-order valence-corrected chi connectivity index (χ3v) is 5.09. The predicted molar refractivity (Wildman–Crippen MR) is 109 cm³/mol. The SMILES string of the molecule is Cc1ccc(-n2nc(-c3cccn3C)cc2C(=O)N[C@@H](C)C(C)C)c(C)c1. The molecule has 0 saturated heterocycles. The minimum Gasteiger partial charge on any atom is -0.349 e. The van der Waals surface area contributed by atoms with Crippen molar-refractivity contribution in [1.82, 2.24) is 19.7 Å². The van der Waals surface area contributed by atoms with Gasteiger partial charge in [0.05, 0.1) is 11.4 Å². The van der Waals surface area contributed by atoms with Gasteiger partial charge in [0.25, 0.3) is 5.91 Å². The second-order valence-electron chi connectivity index (χ2n) is 7.63. The van der Waals surface area contributed by atoms with Gasteiger partial charge in [-0.25, -0.2) is 4.68 Å². The predicted octanol–water partition coefficient (Wildman–Crippen LogP) is 4.27. The molecule has 2 aromatic heterocycles. The average Bonchev–Trinajstić information content (AvgIpc) is 3.20. The van der Waals surface area contributed by atoms with Crippen LogP contribution in [0.1, 0.15) is 42.4 Å². The number of carbonyl (C=O) groups excluding carboxylic acids is 1. The summed E-state index contributed by atoms with van der Waals surface area (Å²) in [7, 11) is 1.98. The topological polar surface area (TPSA) is 51.9 Å². The van der Waals surface area contributed by atoms with Gasteiger partial charge in [-0.3, -0.25) is 4.79 Å². The maximum absolute atomic E-state index is 13.0. The lowest BCUT2D eigenvalue weighted by atomic mass is 10.1. The molecule has 142 valence electrons. The van der Waals surface area contributed by atoms with E-state index in [1.165, 1.54) is 5.56 Å². The molecule has 27 heavy (non-hydrogen) atoms. The van der Waals surface area contributed by atoms with Crippen molar-refractivity contribution in [3.63, 3.8) is 0 Å². The van der Waals surface area contributed by atoms with E-state index in [0.717, 1.165) is 22.6 Å². The Morgan fingerprint density at radius 2 is 1.85 bits per heavy atom. The highest BCUT2D eigenvalue weighted by atomic mass is 16.2. The van der Waals surface area contributed by atoms with E-state index in [9.17, 15) is 4.79 Å². The fourth-order valence-corrected chi connectivity index (χ4v) is 3.07. The first-order valence-corrected chi connectivity index (χ1v) is 9.38. The summed E-state index contributed by atoms with van der Waals surface area (Å²) >= 11 is 0. The number of aromatic nitrogens is 3. The van der Waals surface area contributed by atoms with Crippen molar-refractivity contribution in [2.75, 3.05) is 0 Å². The lowest BCUT2D eigenvalue weighted by Crippen LogP contribution is -2.37. The molecule has 3 aromatic rings. The maximum atomic E-state index is 13.0. The van der Waals surface area contributed by atoms with Gasteiger partial charge in [0.2, 0.25) is 0 Å². The molecule has 0 aliphatic heterocycles. The van der Waals surface area contributed by atoms with Crippen molar-refractivity contribution < 1.29 is 4.79 Å². The van der Waals surface area contributed by atoms with Crippen LogP contribution in [0.4, 0.5) is 0 Å².